The van der Waals surface area contributed by atoms with E-state index in [0.717, 1.165) is 11.1 Å². The van der Waals surface area contributed by atoms with E-state index in [9.17, 15) is 4.79 Å². The van der Waals surface area contributed by atoms with E-state index in [2.05, 4.69) is 23.5 Å². The lowest BCUT2D eigenvalue weighted by atomic mass is 9.84. The maximum Gasteiger partial charge on any atom is 0.251 e. The van der Waals surface area contributed by atoms with Crippen molar-refractivity contribution in [1.82, 2.24) is 5.32 Å². The first kappa shape index (κ1) is 18.3. The largest absolute Gasteiger partial charge is 0.384 e. The molecule has 3 aliphatic rings. The second-order valence-corrected chi connectivity index (χ2v) is 8.70. The molecule has 2 bridgehead atoms. The molecule has 3 aromatic carbocycles. The number of amidine groups is 1. The molecule has 2 aliphatic heterocycles. The monoisotopic (exact) mass is 409 g/mol. The maximum absolute atomic E-state index is 12.8. The van der Waals surface area contributed by atoms with Crippen molar-refractivity contribution in [2.24, 2.45) is 5.73 Å². The number of nitrogens with one attached hydrogen (secondary N) is 2. The molecule has 3 aromatic rings. The van der Waals surface area contributed by atoms with Crippen LogP contribution in [0.3, 0.4) is 0 Å². The molecule has 4 N–H and O–H groups in total. The zero-order valence-electron chi connectivity index (χ0n) is 17.0. The lowest BCUT2D eigenvalue weighted by Gasteiger charge is -2.17. The minimum Gasteiger partial charge on any atom is -0.384 e. The fourth-order valence-corrected chi connectivity index (χ4v) is 4.76. The quantitative estimate of drug-likeness (QED) is 0.434. The van der Waals surface area contributed by atoms with E-state index in [-0.39, 0.29) is 24.0 Å². The van der Waals surface area contributed by atoms with Crippen molar-refractivity contribution in [2.45, 2.75) is 37.5 Å². The van der Waals surface area contributed by atoms with Crippen molar-refractivity contribution in [3.63, 3.8) is 0 Å². The van der Waals surface area contributed by atoms with Crippen LogP contribution in [0.1, 0.15) is 80.3 Å². The van der Waals surface area contributed by atoms with E-state index in [4.69, 9.17) is 15.9 Å². The summed E-state index contributed by atoms with van der Waals surface area (Å²) in [6.45, 7) is 0.421. The van der Waals surface area contributed by atoms with Gasteiger partial charge in [0.1, 0.15) is 18.0 Å². The second kappa shape index (κ2) is 6.79. The number of nitrogens with two attached hydrogens (primary N) is 1. The molecule has 1 saturated carbocycles. The summed E-state index contributed by atoms with van der Waals surface area (Å²) in [5.41, 5.74) is 14.0. The van der Waals surface area contributed by atoms with Crippen LogP contribution in [0.15, 0.2) is 60.7 Å². The third kappa shape index (κ3) is 3.04. The van der Waals surface area contributed by atoms with Gasteiger partial charge in [0.05, 0.1) is 0 Å². The molecule has 0 spiro atoms. The highest BCUT2D eigenvalue weighted by Crippen LogP contribution is 2.55. The minimum atomic E-state index is -0.104. The molecule has 0 unspecified atom stereocenters. The third-order valence-electron chi connectivity index (χ3n) is 6.63. The SMILES string of the molecule is N=C(N)c1ccc(CNC(=O)c2ccc3c(c2)[C@@H]2O[C@H]3c3ccc(C4CC4)cc32)cc1. The Hall–Kier alpha value is -3.44. The number of carbonyl (C=O) groups excluding carboxylic acids is 1. The normalized spacial score (nSPS) is 20.3. The molecule has 5 heteroatoms. The highest BCUT2D eigenvalue weighted by atomic mass is 16.5. The standard InChI is InChI=1S/C26H23N3O2/c27-25(28)16-3-1-14(2-4-16)13-29-26(30)18-8-10-20-22(12-18)24-21-11-17(15-5-6-15)7-9-19(21)23(20)31-24/h1-4,7-12,15,23-24H,5-6,13H2,(H3,27,28)(H,29,30)/t23-,24+/m0/s1. The van der Waals surface area contributed by atoms with E-state index in [0.29, 0.717) is 23.6 Å². The van der Waals surface area contributed by atoms with Gasteiger partial charge in [0.25, 0.3) is 5.91 Å². The van der Waals surface area contributed by atoms with E-state index in [1.54, 1.807) is 12.1 Å². The van der Waals surface area contributed by atoms with Gasteiger partial charge in [-0.15, -0.1) is 0 Å². The Morgan fingerprint density at radius 1 is 0.903 bits per heavy atom. The van der Waals surface area contributed by atoms with E-state index < -0.39 is 0 Å². The molecule has 2 heterocycles. The van der Waals surface area contributed by atoms with Crippen molar-refractivity contribution in [3.05, 3.63) is 105 Å². The highest BCUT2D eigenvalue weighted by molar-refractivity contribution is 5.95. The van der Waals surface area contributed by atoms with Crippen LogP contribution in [0.4, 0.5) is 0 Å². The van der Waals surface area contributed by atoms with Crippen molar-refractivity contribution < 1.29 is 9.53 Å². The van der Waals surface area contributed by atoms with Crippen LogP contribution in [0.5, 0.6) is 0 Å². The predicted octanol–water partition coefficient (Wildman–Crippen LogP) is 4.30. The predicted molar refractivity (Wildman–Crippen MR) is 118 cm³/mol. The molecule has 0 aromatic heterocycles. The lowest BCUT2D eigenvalue weighted by molar-refractivity contribution is 0.0857. The number of hydrogen-bond acceptors (Lipinski definition) is 3. The van der Waals surface area contributed by atoms with E-state index in [1.165, 1.54) is 35.1 Å². The Bertz CT molecular complexity index is 1230. The molecule has 1 aliphatic carbocycles. The summed E-state index contributed by atoms with van der Waals surface area (Å²) >= 11 is 0. The number of fused-ring (bicyclic) bond motifs is 8. The molecular weight excluding hydrogens is 386 g/mol. The summed E-state index contributed by atoms with van der Waals surface area (Å²) in [6.07, 6.45) is 2.49. The summed E-state index contributed by atoms with van der Waals surface area (Å²) in [6, 6.07) is 20.0. The smallest absolute Gasteiger partial charge is 0.251 e. The molecule has 154 valence electrons. The molecule has 1 fully saturated rings. The summed E-state index contributed by atoms with van der Waals surface area (Å²) in [4.78, 5) is 12.8. The van der Waals surface area contributed by atoms with Gasteiger partial charge in [-0.3, -0.25) is 10.2 Å². The molecule has 5 nitrogen and oxygen atoms in total. The van der Waals surface area contributed by atoms with Crippen molar-refractivity contribution >= 4 is 11.7 Å². The van der Waals surface area contributed by atoms with E-state index in [1.807, 2.05) is 30.3 Å². The fraction of sp³-hybridized carbons (Fsp3) is 0.231. The molecule has 0 saturated heterocycles. The summed E-state index contributed by atoms with van der Waals surface area (Å²) in [5.74, 6) is 0.648. The summed E-state index contributed by atoms with van der Waals surface area (Å²) in [5, 5.41) is 10.4. The Labute approximate surface area is 180 Å². The summed E-state index contributed by atoms with van der Waals surface area (Å²) < 4.78 is 6.30. The van der Waals surface area contributed by atoms with E-state index >= 15 is 0 Å². The maximum atomic E-state index is 12.8. The third-order valence-corrected chi connectivity index (χ3v) is 6.63. The van der Waals surface area contributed by atoms with Gasteiger partial charge in [-0.25, -0.2) is 0 Å². The number of benzene rings is 3. The first-order valence-corrected chi connectivity index (χ1v) is 10.7. The zero-order valence-corrected chi connectivity index (χ0v) is 17.0. The topological polar surface area (TPSA) is 88.2 Å². The number of nitrogen functional groups attached to an aromatic ring is 1. The zero-order chi connectivity index (χ0) is 21.1. The van der Waals surface area contributed by atoms with Gasteiger partial charge < -0.3 is 15.8 Å². The van der Waals surface area contributed by atoms with Gasteiger partial charge in [-0.1, -0.05) is 48.5 Å². The van der Waals surface area contributed by atoms with Crippen molar-refractivity contribution in [1.29, 1.82) is 5.41 Å². The number of carbonyl (C=O) groups is 1. The first-order chi connectivity index (χ1) is 15.1. The Balaban J connectivity index is 1.20. The van der Waals surface area contributed by atoms with Gasteiger partial charge in [0.15, 0.2) is 0 Å². The number of rotatable bonds is 5. The minimum absolute atomic E-state index is 0.0137. The number of hydrogen-bond donors (Lipinski definition) is 3. The molecule has 31 heavy (non-hydrogen) atoms. The average Bonchev–Trinajstić information content (AvgIpc) is 3.50. The molecule has 2 atom stereocenters. The van der Waals surface area contributed by atoms with Crippen LogP contribution in [0.2, 0.25) is 0 Å². The van der Waals surface area contributed by atoms with Crippen LogP contribution < -0.4 is 11.1 Å². The highest BCUT2D eigenvalue weighted by Gasteiger charge is 2.43. The van der Waals surface area contributed by atoms with Gasteiger partial charge in [0.2, 0.25) is 0 Å². The van der Waals surface area contributed by atoms with Gasteiger partial charge in [0, 0.05) is 17.7 Å². The molecule has 6 rings (SSSR count). The molecule has 0 radical (unpaired) electrons. The van der Waals surface area contributed by atoms with Crippen molar-refractivity contribution in [2.75, 3.05) is 0 Å². The number of ether oxygens (including phenoxy) is 1. The van der Waals surface area contributed by atoms with Gasteiger partial charge in [-0.2, -0.15) is 0 Å². The average molecular weight is 409 g/mol. The van der Waals surface area contributed by atoms with Crippen LogP contribution in [-0.2, 0) is 11.3 Å². The fourth-order valence-electron chi connectivity index (χ4n) is 4.76. The van der Waals surface area contributed by atoms with Gasteiger partial charge >= 0.3 is 0 Å². The number of amides is 1. The van der Waals surface area contributed by atoms with Crippen LogP contribution in [0, 0.1) is 5.41 Å². The summed E-state index contributed by atoms with van der Waals surface area (Å²) in [7, 11) is 0. The second-order valence-electron chi connectivity index (χ2n) is 8.70. The Morgan fingerprint density at radius 3 is 2.26 bits per heavy atom. The molecular formula is C26H23N3O2. The van der Waals surface area contributed by atoms with Crippen molar-refractivity contribution in [3.8, 4) is 0 Å². The van der Waals surface area contributed by atoms with Crippen LogP contribution in [-0.4, -0.2) is 11.7 Å². The Morgan fingerprint density at radius 2 is 1.55 bits per heavy atom. The first-order valence-electron chi connectivity index (χ1n) is 10.7. The Kier molecular flexibility index (Phi) is 4.02. The van der Waals surface area contributed by atoms with Crippen LogP contribution >= 0.6 is 0 Å². The van der Waals surface area contributed by atoms with Gasteiger partial charge in [-0.05, 0) is 64.3 Å². The van der Waals surface area contributed by atoms with Crippen LogP contribution in [0.25, 0.3) is 0 Å². The lowest BCUT2D eigenvalue weighted by Crippen LogP contribution is -2.23. The molecule has 1 amide bonds.